The molecule has 0 aromatic heterocycles. The molecular formula is C10H10INO2. The lowest BCUT2D eigenvalue weighted by Gasteiger charge is -2.07. The van der Waals surface area contributed by atoms with Crippen molar-refractivity contribution in [3.05, 3.63) is 27.3 Å². The van der Waals surface area contributed by atoms with Crippen LogP contribution >= 0.6 is 22.6 Å². The Bertz CT molecular complexity index is 388. The molecule has 0 saturated heterocycles. The molecular weight excluding hydrogens is 293 g/mol. The lowest BCUT2D eigenvalue weighted by atomic mass is 10.1. The van der Waals surface area contributed by atoms with Gasteiger partial charge in [-0.05, 0) is 47.7 Å². The maximum atomic E-state index is 11.2. The van der Waals surface area contributed by atoms with Gasteiger partial charge in [-0.2, -0.15) is 0 Å². The van der Waals surface area contributed by atoms with Crippen LogP contribution in [-0.2, 0) is 4.79 Å². The maximum Gasteiger partial charge on any atom is 0.221 e. The minimum absolute atomic E-state index is 0.0508. The van der Waals surface area contributed by atoms with E-state index in [1.54, 1.807) is 12.1 Å². The van der Waals surface area contributed by atoms with Crippen LogP contribution in [0.25, 0.3) is 0 Å². The van der Waals surface area contributed by atoms with Crippen LogP contribution in [-0.4, -0.2) is 11.7 Å². The van der Waals surface area contributed by atoms with Crippen LogP contribution in [0.5, 0.6) is 0 Å². The molecule has 14 heavy (non-hydrogen) atoms. The van der Waals surface area contributed by atoms with Gasteiger partial charge in [-0.15, -0.1) is 0 Å². The average molecular weight is 303 g/mol. The molecule has 0 spiro atoms. The van der Waals surface area contributed by atoms with Crippen molar-refractivity contribution in [2.75, 3.05) is 5.32 Å². The first-order valence-corrected chi connectivity index (χ1v) is 5.16. The van der Waals surface area contributed by atoms with Gasteiger partial charge in [-0.1, -0.05) is 0 Å². The van der Waals surface area contributed by atoms with Crippen LogP contribution in [0.1, 0.15) is 24.2 Å². The SMILES string of the molecule is CC(=O)Nc1cc(I)ccc1C(C)=O. The molecule has 1 rings (SSSR count). The second-order valence-corrected chi connectivity index (χ2v) is 4.17. The van der Waals surface area contributed by atoms with E-state index in [1.165, 1.54) is 13.8 Å². The van der Waals surface area contributed by atoms with Crippen LogP contribution in [0.2, 0.25) is 0 Å². The van der Waals surface area contributed by atoms with Gasteiger partial charge >= 0.3 is 0 Å². The van der Waals surface area contributed by atoms with Crippen molar-refractivity contribution >= 4 is 40.0 Å². The van der Waals surface area contributed by atoms with Gasteiger partial charge in [-0.25, -0.2) is 0 Å². The van der Waals surface area contributed by atoms with Gasteiger partial charge in [0.05, 0.1) is 5.69 Å². The molecule has 0 atom stereocenters. The molecule has 0 aliphatic carbocycles. The minimum Gasteiger partial charge on any atom is -0.326 e. The Kier molecular flexibility index (Phi) is 3.62. The number of amides is 1. The van der Waals surface area contributed by atoms with E-state index in [0.29, 0.717) is 11.3 Å². The topological polar surface area (TPSA) is 46.2 Å². The Hall–Kier alpha value is -0.910. The number of carbonyl (C=O) groups excluding carboxylic acids is 2. The molecule has 1 aromatic carbocycles. The fraction of sp³-hybridized carbons (Fsp3) is 0.200. The van der Waals surface area contributed by atoms with Crippen LogP contribution in [0.3, 0.4) is 0 Å². The highest BCUT2D eigenvalue weighted by Gasteiger charge is 2.08. The molecule has 0 aliphatic rings. The normalized spacial score (nSPS) is 9.64. The predicted octanol–water partition coefficient (Wildman–Crippen LogP) is 2.45. The van der Waals surface area contributed by atoms with Gasteiger partial charge in [0.1, 0.15) is 0 Å². The molecule has 1 aromatic rings. The van der Waals surface area contributed by atoms with E-state index in [9.17, 15) is 9.59 Å². The monoisotopic (exact) mass is 303 g/mol. The van der Waals surface area contributed by atoms with Crippen LogP contribution in [0, 0.1) is 3.57 Å². The lowest BCUT2D eigenvalue weighted by Crippen LogP contribution is -2.10. The summed E-state index contributed by atoms with van der Waals surface area (Å²) in [6.07, 6.45) is 0. The zero-order valence-electron chi connectivity index (χ0n) is 7.93. The van der Waals surface area contributed by atoms with Crippen molar-refractivity contribution in [3.8, 4) is 0 Å². The van der Waals surface area contributed by atoms with E-state index in [0.717, 1.165) is 3.57 Å². The fourth-order valence-electron chi connectivity index (χ4n) is 1.12. The molecule has 0 aliphatic heterocycles. The maximum absolute atomic E-state index is 11.2. The summed E-state index contributed by atoms with van der Waals surface area (Å²) >= 11 is 2.13. The average Bonchev–Trinajstić information content (AvgIpc) is 2.01. The summed E-state index contributed by atoms with van der Waals surface area (Å²) in [4.78, 5) is 22.1. The van der Waals surface area contributed by atoms with E-state index in [2.05, 4.69) is 27.9 Å². The van der Waals surface area contributed by atoms with Gasteiger partial charge in [0.25, 0.3) is 0 Å². The number of anilines is 1. The fourth-order valence-corrected chi connectivity index (χ4v) is 1.61. The molecule has 0 heterocycles. The molecule has 74 valence electrons. The van der Waals surface area contributed by atoms with Gasteiger partial charge in [0.2, 0.25) is 5.91 Å². The Morgan fingerprint density at radius 3 is 2.43 bits per heavy atom. The summed E-state index contributed by atoms with van der Waals surface area (Å²) in [5.74, 6) is -0.223. The van der Waals surface area contributed by atoms with E-state index in [-0.39, 0.29) is 11.7 Å². The molecule has 3 nitrogen and oxygen atoms in total. The van der Waals surface area contributed by atoms with Gasteiger partial charge < -0.3 is 5.32 Å². The number of Topliss-reactive ketones (excluding diaryl/α,β-unsaturated/α-hetero) is 1. The number of rotatable bonds is 2. The van der Waals surface area contributed by atoms with Gasteiger partial charge in [-0.3, -0.25) is 9.59 Å². The van der Waals surface area contributed by atoms with Crippen LogP contribution in [0.15, 0.2) is 18.2 Å². The third kappa shape index (κ3) is 2.80. The quantitative estimate of drug-likeness (QED) is 0.674. The molecule has 0 bridgehead atoms. The second kappa shape index (κ2) is 4.54. The highest BCUT2D eigenvalue weighted by Crippen LogP contribution is 2.19. The molecule has 0 unspecified atom stereocenters. The second-order valence-electron chi connectivity index (χ2n) is 2.93. The van der Waals surface area contributed by atoms with E-state index >= 15 is 0 Å². The molecule has 0 radical (unpaired) electrons. The van der Waals surface area contributed by atoms with Crippen molar-refractivity contribution in [1.82, 2.24) is 0 Å². The first-order valence-electron chi connectivity index (χ1n) is 4.09. The first-order chi connectivity index (χ1) is 6.50. The summed E-state index contributed by atoms with van der Waals surface area (Å²) in [5, 5.41) is 2.63. The summed E-state index contributed by atoms with van der Waals surface area (Å²) < 4.78 is 0.983. The highest BCUT2D eigenvalue weighted by atomic mass is 127. The molecule has 1 amide bonds. The summed E-state index contributed by atoms with van der Waals surface area (Å²) in [7, 11) is 0. The molecule has 0 saturated carbocycles. The van der Waals surface area contributed by atoms with E-state index in [4.69, 9.17) is 0 Å². The Balaban J connectivity index is 3.15. The Labute approximate surface area is 96.0 Å². The molecule has 1 N–H and O–H groups in total. The van der Waals surface area contributed by atoms with Crippen molar-refractivity contribution in [3.63, 3.8) is 0 Å². The number of hydrogen-bond acceptors (Lipinski definition) is 2. The van der Waals surface area contributed by atoms with Crippen molar-refractivity contribution in [2.45, 2.75) is 13.8 Å². The van der Waals surface area contributed by atoms with Crippen LogP contribution < -0.4 is 5.32 Å². The number of carbonyl (C=O) groups is 2. The molecule has 4 heteroatoms. The largest absolute Gasteiger partial charge is 0.326 e. The Morgan fingerprint density at radius 2 is 1.93 bits per heavy atom. The van der Waals surface area contributed by atoms with Gasteiger partial charge in [0, 0.05) is 16.1 Å². The number of benzene rings is 1. The third-order valence-electron chi connectivity index (χ3n) is 1.67. The van der Waals surface area contributed by atoms with E-state index in [1.807, 2.05) is 6.07 Å². The summed E-state index contributed by atoms with van der Waals surface area (Å²) in [6, 6.07) is 5.33. The minimum atomic E-state index is -0.172. The molecule has 0 fully saturated rings. The lowest BCUT2D eigenvalue weighted by molar-refractivity contribution is -0.114. The number of halogens is 1. The summed E-state index contributed by atoms with van der Waals surface area (Å²) in [6.45, 7) is 2.90. The zero-order chi connectivity index (χ0) is 10.7. The number of hydrogen-bond donors (Lipinski definition) is 1. The standard InChI is InChI=1S/C10H10INO2/c1-6(13)9-4-3-8(11)5-10(9)12-7(2)14/h3-5H,1-2H3,(H,12,14). The van der Waals surface area contributed by atoms with Crippen molar-refractivity contribution < 1.29 is 9.59 Å². The van der Waals surface area contributed by atoms with Crippen LogP contribution in [0.4, 0.5) is 5.69 Å². The zero-order valence-corrected chi connectivity index (χ0v) is 10.1. The predicted molar refractivity (Wildman–Crippen MR) is 63.5 cm³/mol. The smallest absolute Gasteiger partial charge is 0.221 e. The third-order valence-corrected chi connectivity index (χ3v) is 2.34. The van der Waals surface area contributed by atoms with Crippen molar-refractivity contribution in [2.24, 2.45) is 0 Å². The highest BCUT2D eigenvalue weighted by molar-refractivity contribution is 14.1. The number of nitrogens with one attached hydrogen (secondary N) is 1. The summed E-state index contributed by atoms with van der Waals surface area (Å²) in [5.41, 5.74) is 1.12. The van der Waals surface area contributed by atoms with E-state index < -0.39 is 0 Å². The Morgan fingerprint density at radius 1 is 1.29 bits per heavy atom. The van der Waals surface area contributed by atoms with Gasteiger partial charge in [0.15, 0.2) is 5.78 Å². The number of ketones is 1. The van der Waals surface area contributed by atoms with Crippen molar-refractivity contribution in [1.29, 1.82) is 0 Å². The first kappa shape index (κ1) is 11.2.